The van der Waals surface area contributed by atoms with Crippen LogP contribution in [0.5, 0.6) is 5.75 Å². The van der Waals surface area contributed by atoms with Crippen LogP contribution in [-0.4, -0.2) is 44.2 Å². The van der Waals surface area contributed by atoms with Crippen LogP contribution in [0.15, 0.2) is 24.3 Å². The second kappa shape index (κ2) is 10.6. The van der Waals surface area contributed by atoms with Crippen molar-refractivity contribution in [2.75, 3.05) is 39.3 Å². The summed E-state index contributed by atoms with van der Waals surface area (Å²) in [6, 6.07) is 8.56. The number of nitrogens with zero attached hydrogens (tertiary/aromatic N) is 1. The number of piperazine rings is 1. The van der Waals surface area contributed by atoms with Gasteiger partial charge in [0.15, 0.2) is 0 Å². The van der Waals surface area contributed by atoms with Gasteiger partial charge in [0.05, 0.1) is 6.61 Å². The molecule has 1 fully saturated rings. The van der Waals surface area contributed by atoms with E-state index >= 15 is 0 Å². The van der Waals surface area contributed by atoms with Crippen molar-refractivity contribution in [2.24, 2.45) is 0 Å². The van der Waals surface area contributed by atoms with Crippen LogP contribution in [0.2, 0.25) is 0 Å². The minimum atomic E-state index is 0.853. The van der Waals surface area contributed by atoms with Crippen LogP contribution >= 0.6 is 0 Å². The highest BCUT2D eigenvalue weighted by atomic mass is 16.5. The van der Waals surface area contributed by atoms with Gasteiger partial charge in [-0.1, -0.05) is 38.0 Å². The molecular formula is C19H32N2O. The quantitative estimate of drug-likeness (QED) is 0.670. The van der Waals surface area contributed by atoms with Crippen molar-refractivity contribution in [1.82, 2.24) is 10.2 Å². The van der Waals surface area contributed by atoms with Crippen molar-refractivity contribution >= 4 is 0 Å². The van der Waals surface area contributed by atoms with E-state index in [1.807, 2.05) is 0 Å². The molecule has 1 aliphatic heterocycles. The minimum absolute atomic E-state index is 0.853. The molecule has 0 unspecified atom stereocenters. The average molecular weight is 304 g/mol. The summed E-state index contributed by atoms with van der Waals surface area (Å²) < 4.78 is 5.97. The summed E-state index contributed by atoms with van der Waals surface area (Å²) >= 11 is 0. The molecule has 0 aliphatic carbocycles. The molecule has 0 bridgehead atoms. The molecule has 0 radical (unpaired) electrons. The lowest BCUT2D eigenvalue weighted by Crippen LogP contribution is -2.43. The highest BCUT2D eigenvalue weighted by molar-refractivity contribution is 5.33. The molecule has 0 spiro atoms. The first kappa shape index (κ1) is 17.3. The normalized spacial score (nSPS) is 15.9. The Balaban J connectivity index is 1.67. The standard InChI is InChI=1S/C19H32N2O/c1-2-3-8-17-22-19-11-5-4-9-18(19)10-6-7-14-21-15-12-20-13-16-21/h4-5,9,11,20H,2-3,6-8,10,12-17H2,1H3. The number of unbranched alkanes of at least 4 members (excludes halogenated alkanes) is 3. The van der Waals surface area contributed by atoms with E-state index < -0.39 is 0 Å². The summed E-state index contributed by atoms with van der Waals surface area (Å²) in [5.74, 6) is 1.10. The van der Waals surface area contributed by atoms with E-state index in [0.717, 1.165) is 38.3 Å². The number of para-hydroxylation sites is 1. The highest BCUT2D eigenvalue weighted by Gasteiger charge is 2.09. The van der Waals surface area contributed by atoms with Gasteiger partial charge in [0.25, 0.3) is 0 Å². The molecule has 1 aromatic rings. The number of aryl methyl sites for hydroxylation is 1. The number of rotatable bonds is 10. The minimum Gasteiger partial charge on any atom is -0.493 e. The molecule has 0 saturated carbocycles. The van der Waals surface area contributed by atoms with E-state index in [0.29, 0.717) is 0 Å². The third kappa shape index (κ3) is 6.37. The lowest BCUT2D eigenvalue weighted by atomic mass is 10.1. The van der Waals surface area contributed by atoms with Gasteiger partial charge in [0.1, 0.15) is 5.75 Å². The molecule has 22 heavy (non-hydrogen) atoms. The molecule has 2 rings (SSSR count). The van der Waals surface area contributed by atoms with Gasteiger partial charge in [0, 0.05) is 26.2 Å². The third-order valence-corrected chi connectivity index (χ3v) is 4.36. The van der Waals surface area contributed by atoms with Gasteiger partial charge < -0.3 is 15.0 Å². The van der Waals surface area contributed by atoms with Gasteiger partial charge in [0.2, 0.25) is 0 Å². The van der Waals surface area contributed by atoms with Gasteiger partial charge in [-0.25, -0.2) is 0 Å². The first-order valence-electron chi connectivity index (χ1n) is 9.04. The Bertz CT molecular complexity index is 402. The third-order valence-electron chi connectivity index (χ3n) is 4.36. The summed E-state index contributed by atoms with van der Waals surface area (Å²) in [6.45, 7) is 9.02. The summed E-state index contributed by atoms with van der Waals surface area (Å²) in [5.41, 5.74) is 1.37. The number of nitrogens with one attached hydrogen (secondary N) is 1. The number of hydrogen-bond donors (Lipinski definition) is 1. The first-order chi connectivity index (χ1) is 10.9. The Hall–Kier alpha value is -1.06. The molecule has 1 saturated heterocycles. The zero-order chi connectivity index (χ0) is 15.5. The lowest BCUT2D eigenvalue weighted by Gasteiger charge is -2.27. The zero-order valence-corrected chi connectivity index (χ0v) is 14.2. The van der Waals surface area contributed by atoms with E-state index in [1.54, 1.807) is 0 Å². The fourth-order valence-electron chi connectivity index (χ4n) is 2.97. The average Bonchev–Trinajstić information content (AvgIpc) is 2.57. The molecule has 3 nitrogen and oxygen atoms in total. The molecule has 1 aliphatic rings. The fraction of sp³-hybridized carbons (Fsp3) is 0.684. The SMILES string of the molecule is CCCCCOc1ccccc1CCCCN1CCNCC1. The summed E-state index contributed by atoms with van der Waals surface area (Å²) in [7, 11) is 0. The zero-order valence-electron chi connectivity index (χ0n) is 14.2. The summed E-state index contributed by atoms with van der Waals surface area (Å²) in [5, 5.41) is 3.41. The van der Waals surface area contributed by atoms with Crippen LogP contribution in [-0.2, 0) is 6.42 Å². The Morgan fingerprint density at radius 3 is 2.68 bits per heavy atom. The van der Waals surface area contributed by atoms with E-state index in [-0.39, 0.29) is 0 Å². The lowest BCUT2D eigenvalue weighted by molar-refractivity contribution is 0.236. The maximum absolute atomic E-state index is 5.97. The van der Waals surface area contributed by atoms with Gasteiger partial charge in [-0.15, -0.1) is 0 Å². The smallest absolute Gasteiger partial charge is 0.122 e. The summed E-state index contributed by atoms with van der Waals surface area (Å²) in [4.78, 5) is 2.57. The molecular weight excluding hydrogens is 272 g/mol. The molecule has 0 atom stereocenters. The molecule has 3 heteroatoms. The van der Waals surface area contributed by atoms with Crippen LogP contribution < -0.4 is 10.1 Å². The number of hydrogen-bond acceptors (Lipinski definition) is 3. The maximum atomic E-state index is 5.97. The van der Waals surface area contributed by atoms with E-state index in [1.165, 1.54) is 50.9 Å². The predicted molar refractivity (Wildman–Crippen MR) is 93.7 cm³/mol. The Kier molecular flexibility index (Phi) is 8.36. The predicted octanol–water partition coefficient (Wildman–Crippen LogP) is 3.48. The molecule has 0 amide bonds. The van der Waals surface area contributed by atoms with Crippen LogP contribution in [0.3, 0.4) is 0 Å². The van der Waals surface area contributed by atoms with Crippen molar-refractivity contribution in [3.8, 4) is 5.75 Å². The Morgan fingerprint density at radius 2 is 1.86 bits per heavy atom. The van der Waals surface area contributed by atoms with Crippen LogP contribution in [0, 0.1) is 0 Å². The monoisotopic (exact) mass is 304 g/mol. The van der Waals surface area contributed by atoms with Crippen LogP contribution in [0.25, 0.3) is 0 Å². The van der Waals surface area contributed by atoms with E-state index in [9.17, 15) is 0 Å². The Morgan fingerprint density at radius 1 is 1.05 bits per heavy atom. The second-order valence-electron chi connectivity index (χ2n) is 6.21. The maximum Gasteiger partial charge on any atom is 0.122 e. The highest BCUT2D eigenvalue weighted by Crippen LogP contribution is 2.20. The van der Waals surface area contributed by atoms with Gasteiger partial charge in [-0.3, -0.25) is 0 Å². The van der Waals surface area contributed by atoms with Crippen LogP contribution in [0.1, 0.15) is 44.6 Å². The molecule has 1 aromatic carbocycles. The van der Waals surface area contributed by atoms with Gasteiger partial charge in [-0.05, 0) is 43.9 Å². The topological polar surface area (TPSA) is 24.5 Å². The van der Waals surface area contributed by atoms with Crippen molar-refractivity contribution in [2.45, 2.75) is 45.4 Å². The fourth-order valence-corrected chi connectivity index (χ4v) is 2.97. The molecule has 124 valence electrons. The van der Waals surface area contributed by atoms with Crippen molar-refractivity contribution in [1.29, 1.82) is 0 Å². The van der Waals surface area contributed by atoms with Gasteiger partial charge in [-0.2, -0.15) is 0 Å². The van der Waals surface area contributed by atoms with Crippen molar-refractivity contribution in [3.05, 3.63) is 29.8 Å². The van der Waals surface area contributed by atoms with Crippen molar-refractivity contribution < 1.29 is 4.74 Å². The summed E-state index contributed by atoms with van der Waals surface area (Å²) in [6.07, 6.45) is 7.33. The largest absolute Gasteiger partial charge is 0.493 e. The van der Waals surface area contributed by atoms with Gasteiger partial charge >= 0.3 is 0 Å². The number of ether oxygens (including phenoxy) is 1. The first-order valence-corrected chi connectivity index (χ1v) is 9.04. The van der Waals surface area contributed by atoms with Crippen LogP contribution in [0.4, 0.5) is 0 Å². The molecule has 0 aromatic heterocycles. The van der Waals surface area contributed by atoms with Crippen molar-refractivity contribution in [3.63, 3.8) is 0 Å². The molecule has 1 heterocycles. The Labute approximate surface area is 136 Å². The number of benzene rings is 1. The van der Waals surface area contributed by atoms with E-state index in [4.69, 9.17) is 4.74 Å². The van der Waals surface area contributed by atoms with E-state index in [2.05, 4.69) is 41.4 Å². The molecule has 1 N–H and O–H groups in total. The second-order valence-corrected chi connectivity index (χ2v) is 6.21.